The van der Waals surface area contributed by atoms with Crippen LogP contribution >= 0.6 is 12.4 Å². The molecule has 1 aliphatic heterocycles. The van der Waals surface area contributed by atoms with E-state index in [0.717, 1.165) is 25.1 Å². The molecule has 0 radical (unpaired) electrons. The van der Waals surface area contributed by atoms with Gasteiger partial charge in [0.15, 0.2) is 0 Å². The molecule has 0 spiro atoms. The van der Waals surface area contributed by atoms with Gasteiger partial charge in [-0.3, -0.25) is 9.10 Å². The molecule has 0 aromatic heterocycles. The van der Waals surface area contributed by atoms with Gasteiger partial charge in [0.2, 0.25) is 0 Å². The van der Waals surface area contributed by atoms with Gasteiger partial charge in [0.1, 0.15) is 4.90 Å². The lowest BCUT2D eigenvalue weighted by Crippen LogP contribution is -2.32. The second kappa shape index (κ2) is 9.73. The Morgan fingerprint density at radius 1 is 1.11 bits per heavy atom. The molecule has 0 aliphatic carbocycles. The van der Waals surface area contributed by atoms with Gasteiger partial charge in [0.25, 0.3) is 15.9 Å². The topological polar surface area (TPSA) is 78.5 Å². The summed E-state index contributed by atoms with van der Waals surface area (Å²) in [6.07, 6.45) is 2.92. The Labute approximate surface area is 172 Å². The molecule has 1 heterocycles. The van der Waals surface area contributed by atoms with E-state index in [0.29, 0.717) is 12.2 Å². The Bertz CT molecular complexity index is 946. The molecule has 1 aliphatic rings. The number of hydrogen-bond donors (Lipinski definition) is 2. The SMILES string of the molecule is CN(c1ccccc1)S(=O)(=O)c1ccccc1C(=O)NCC1=CCNCC1.Cl. The van der Waals surface area contributed by atoms with Crippen LogP contribution < -0.4 is 14.9 Å². The van der Waals surface area contributed by atoms with E-state index < -0.39 is 15.9 Å². The molecular weight excluding hydrogens is 398 g/mol. The van der Waals surface area contributed by atoms with Crippen molar-refractivity contribution in [2.24, 2.45) is 0 Å². The smallest absolute Gasteiger partial charge is 0.264 e. The third-order valence-corrected chi connectivity index (χ3v) is 6.37. The van der Waals surface area contributed by atoms with E-state index in [4.69, 9.17) is 0 Å². The highest BCUT2D eigenvalue weighted by Gasteiger charge is 2.26. The minimum Gasteiger partial charge on any atom is -0.348 e. The number of nitrogens with one attached hydrogen (secondary N) is 2. The first kappa shape index (κ1) is 21.9. The number of carbonyl (C=O) groups is 1. The van der Waals surface area contributed by atoms with Crippen molar-refractivity contribution in [3.8, 4) is 0 Å². The quantitative estimate of drug-likeness (QED) is 0.703. The van der Waals surface area contributed by atoms with Gasteiger partial charge >= 0.3 is 0 Å². The third kappa shape index (κ3) is 4.92. The first-order chi connectivity index (χ1) is 13.0. The van der Waals surface area contributed by atoms with Gasteiger partial charge in [-0.05, 0) is 37.2 Å². The van der Waals surface area contributed by atoms with E-state index >= 15 is 0 Å². The number of sulfonamides is 1. The molecule has 0 atom stereocenters. The second-order valence-electron chi connectivity index (χ2n) is 6.30. The fourth-order valence-corrected chi connectivity index (χ4v) is 4.31. The normalized spacial score (nSPS) is 13.8. The standard InChI is InChI=1S/C20H23N3O3S.ClH/c1-23(17-7-3-2-4-8-17)27(25,26)19-10-6-5-9-18(19)20(24)22-15-16-11-13-21-14-12-16;/h2-11,21H,12-15H2,1H3,(H,22,24);1H. The average Bonchev–Trinajstić information content (AvgIpc) is 2.72. The summed E-state index contributed by atoms with van der Waals surface area (Å²) in [5.74, 6) is -0.393. The molecule has 8 heteroatoms. The zero-order chi connectivity index (χ0) is 19.3. The Balaban J connectivity index is 0.00000280. The molecule has 0 unspecified atom stereocenters. The van der Waals surface area contributed by atoms with Crippen molar-refractivity contribution < 1.29 is 13.2 Å². The summed E-state index contributed by atoms with van der Waals surface area (Å²) in [6.45, 7) is 2.09. The highest BCUT2D eigenvalue weighted by Crippen LogP contribution is 2.24. The monoisotopic (exact) mass is 421 g/mol. The number of benzene rings is 2. The highest BCUT2D eigenvalue weighted by molar-refractivity contribution is 7.92. The second-order valence-corrected chi connectivity index (χ2v) is 8.24. The average molecular weight is 422 g/mol. The minimum atomic E-state index is -3.86. The maximum Gasteiger partial charge on any atom is 0.264 e. The molecule has 0 saturated carbocycles. The molecule has 1 amide bonds. The molecule has 6 nitrogen and oxygen atoms in total. The Hall–Kier alpha value is -2.35. The van der Waals surface area contributed by atoms with Crippen LogP contribution in [-0.2, 0) is 10.0 Å². The molecule has 2 aromatic rings. The maximum atomic E-state index is 13.1. The first-order valence-corrected chi connectivity index (χ1v) is 10.2. The van der Waals surface area contributed by atoms with Crippen LogP contribution in [0.1, 0.15) is 16.8 Å². The Morgan fingerprint density at radius 3 is 2.46 bits per heavy atom. The van der Waals surface area contributed by atoms with E-state index in [1.54, 1.807) is 36.4 Å². The fourth-order valence-electron chi connectivity index (χ4n) is 2.92. The van der Waals surface area contributed by atoms with E-state index in [9.17, 15) is 13.2 Å². The molecule has 150 valence electrons. The van der Waals surface area contributed by atoms with E-state index in [2.05, 4.69) is 16.7 Å². The summed E-state index contributed by atoms with van der Waals surface area (Å²) in [5, 5.41) is 6.06. The maximum absolute atomic E-state index is 13.1. The van der Waals surface area contributed by atoms with E-state index in [-0.39, 0.29) is 22.9 Å². The number of hydrogen-bond acceptors (Lipinski definition) is 4. The highest BCUT2D eigenvalue weighted by atomic mass is 35.5. The van der Waals surface area contributed by atoms with Gasteiger partial charge in [-0.2, -0.15) is 0 Å². The predicted octanol–water partition coefficient (Wildman–Crippen LogP) is 2.58. The van der Waals surface area contributed by atoms with Crippen molar-refractivity contribution >= 4 is 34.0 Å². The van der Waals surface area contributed by atoms with Gasteiger partial charge in [0.05, 0.1) is 11.3 Å². The van der Waals surface area contributed by atoms with Crippen molar-refractivity contribution in [2.45, 2.75) is 11.3 Å². The number of carbonyl (C=O) groups excluding carboxylic acids is 1. The molecule has 2 aromatic carbocycles. The summed E-state index contributed by atoms with van der Waals surface area (Å²) in [6, 6.07) is 15.1. The third-order valence-electron chi connectivity index (χ3n) is 4.52. The molecule has 2 N–H and O–H groups in total. The summed E-state index contributed by atoms with van der Waals surface area (Å²) < 4.78 is 27.4. The first-order valence-electron chi connectivity index (χ1n) is 8.80. The summed E-state index contributed by atoms with van der Waals surface area (Å²) in [4.78, 5) is 12.7. The van der Waals surface area contributed by atoms with Crippen molar-refractivity contribution in [2.75, 3.05) is 31.0 Å². The van der Waals surface area contributed by atoms with Gasteiger partial charge in [-0.1, -0.05) is 42.0 Å². The Kier molecular flexibility index (Phi) is 7.62. The van der Waals surface area contributed by atoms with Crippen molar-refractivity contribution in [3.05, 3.63) is 71.8 Å². The number of amides is 1. The van der Waals surface area contributed by atoms with Crippen molar-refractivity contribution in [1.29, 1.82) is 0 Å². The number of anilines is 1. The number of rotatable bonds is 6. The molecule has 28 heavy (non-hydrogen) atoms. The number of para-hydroxylation sites is 1. The summed E-state index contributed by atoms with van der Waals surface area (Å²) in [7, 11) is -2.38. The molecular formula is C20H24ClN3O3S. The van der Waals surface area contributed by atoms with Crippen LogP contribution in [0.5, 0.6) is 0 Å². The van der Waals surface area contributed by atoms with Crippen LogP contribution in [0.15, 0.2) is 71.1 Å². The van der Waals surface area contributed by atoms with Gasteiger partial charge < -0.3 is 10.6 Å². The molecule has 0 fully saturated rings. The lowest BCUT2D eigenvalue weighted by atomic mass is 10.1. The van der Waals surface area contributed by atoms with Gasteiger partial charge in [0, 0.05) is 20.1 Å². The fraction of sp³-hybridized carbons (Fsp3) is 0.250. The van der Waals surface area contributed by atoms with Crippen molar-refractivity contribution in [1.82, 2.24) is 10.6 Å². The zero-order valence-corrected chi connectivity index (χ0v) is 17.2. The molecule has 3 rings (SSSR count). The van der Waals surface area contributed by atoms with E-state index in [1.165, 1.54) is 23.5 Å². The molecule has 0 bridgehead atoms. The Morgan fingerprint density at radius 2 is 1.79 bits per heavy atom. The number of nitrogens with zero attached hydrogens (tertiary/aromatic N) is 1. The van der Waals surface area contributed by atoms with Crippen LogP contribution in [0.4, 0.5) is 5.69 Å². The van der Waals surface area contributed by atoms with E-state index in [1.807, 2.05) is 6.07 Å². The van der Waals surface area contributed by atoms with Crippen LogP contribution in [-0.4, -0.2) is 41.0 Å². The van der Waals surface area contributed by atoms with Crippen LogP contribution in [0.2, 0.25) is 0 Å². The van der Waals surface area contributed by atoms with Crippen LogP contribution in [0, 0.1) is 0 Å². The molecule has 0 saturated heterocycles. The largest absolute Gasteiger partial charge is 0.348 e. The summed E-state index contributed by atoms with van der Waals surface area (Å²) in [5.41, 5.74) is 1.83. The lowest BCUT2D eigenvalue weighted by molar-refractivity contribution is 0.0953. The lowest BCUT2D eigenvalue weighted by Gasteiger charge is -2.21. The zero-order valence-electron chi connectivity index (χ0n) is 15.6. The number of halogens is 1. The minimum absolute atomic E-state index is 0. The van der Waals surface area contributed by atoms with Gasteiger partial charge in [-0.25, -0.2) is 8.42 Å². The van der Waals surface area contributed by atoms with Gasteiger partial charge in [-0.15, -0.1) is 12.4 Å². The van der Waals surface area contributed by atoms with Crippen molar-refractivity contribution in [3.63, 3.8) is 0 Å². The summed E-state index contributed by atoms with van der Waals surface area (Å²) >= 11 is 0. The van der Waals surface area contributed by atoms with Crippen LogP contribution in [0.25, 0.3) is 0 Å². The predicted molar refractivity (Wildman–Crippen MR) is 114 cm³/mol. The van der Waals surface area contributed by atoms with Crippen LogP contribution in [0.3, 0.4) is 0 Å².